The molecule has 0 saturated carbocycles. The number of nitrogens with zero attached hydrogens (tertiary/aromatic N) is 4. The monoisotopic (exact) mass is 304 g/mol. The van der Waals surface area contributed by atoms with E-state index >= 15 is 0 Å². The minimum Gasteiger partial charge on any atom is -0.481 e. The van der Waals surface area contributed by atoms with Gasteiger partial charge in [0.05, 0.1) is 13.7 Å². The largest absolute Gasteiger partial charge is 0.481 e. The van der Waals surface area contributed by atoms with Gasteiger partial charge >= 0.3 is 0 Å². The minimum atomic E-state index is -0.441. The van der Waals surface area contributed by atoms with Gasteiger partial charge in [-0.25, -0.2) is 19.3 Å². The highest BCUT2D eigenvalue weighted by Crippen LogP contribution is 2.23. The summed E-state index contributed by atoms with van der Waals surface area (Å²) in [7, 11) is 1.57. The number of hydrogen-bond donors (Lipinski definition) is 0. The Kier molecular flexibility index (Phi) is 4.32. The molecule has 2 aromatic rings. The van der Waals surface area contributed by atoms with Gasteiger partial charge in [0.1, 0.15) is 18.2 Å². The van der Waals surface area contributed by atoms with Crippen molar-refractivity contribution in [3.05, 3.63) is 36.5 Å². The molecular formula is C15H17FN4O2. The van der Waals surface area contributed by atoms with Crippen LogP contribution in [0.25, 0.3) is 0 Å². The Morgan fingerprint density at radius 3 is 3.05 bits per heavy atom. The maximum Gasteiger partial charge on any atom is 0.250 e. The van der Waals surface area contributed by atoms with Gasteiger partial charge in [0.25, 0.3) is 5.88 Å². The lowest BCUT2D eigenvalue weighted by Gasteiger charge is -2.33. The summed E-state index contributed by atoms with van der Waals surface area (Å²) in [5.41, 5.74) is 0. The highest BCUT2D eigenvalue weighted by Gasteiger charge is 2.24. The van der Waals surface area contributed by atoms with E-state index in [9.17, 15) is 4.39 Å². The number of halogens is 1. The first kappa shape index (κ1) is 14.5. The molecule has 7 heteroatoms. The van der Waals surface area contributed by atoms with Crippen molar-refractivity contribution in [3.8, 4) is 11.8 Å². The number of piperidine rings is 1. The summed E-state index contributed by atoms with van der Waals surface area (Å²) in [5, 5.41) is 0. The van der Waals surface area contributed by atoms with Crippen LogP contribution in [-0.4, -0.2) is 41.3 Å². The lowest BCUT2D eigenvalue weighted by Crippen LogP contribution is -2.41. The zero-order valence-corrected chi connectivity index (χ0v) is 12.3. The molecule has 0 radical (unpaired) electrons. The van der Waals surface area contributed by atoms with Gasteiger partial charge < -0.3 is 14.4 Å². The molecule has 6 nitrogen and oxygen atoms in total. The Labute approximate surface area is 127 Å². The normalized spacial score (nSPS) is 18.1. The van der Waals surface area contributed by atoms with E-state index in [2.05, 4.69) is 19.9 Å². The molecule has 0 aliphatic carbocycles. The maximum atomic E-state index is 13.6. The van der Waals surface area contributed by atoms with Crippen LogP contribution >= 0.6 is 0 Å². The SMILES string of the molecule is COc1cc(N2CCCC(Oc3ncccc3F)C2)ncn1. The molecule has 0 bridgehead atoms. The number of aromatic nitrogens is 3. The zero-order chi connectivity index (χ0) is 15.4. The van der Waals surface area contributed by atoms with Gasteiger partial charge in [0.2, 0.25) is 5.88 Å². The molecule has 1 fully saturated rings. The van der Waals surface area contributed by atoms with Crippen molar-refractivity contribution in [2.75, 3.05) is 25.1 Å². The van der Waals surface area contributed by atoms with Gasteiger partial charge in [0, 0.05) is 18.8 Å². The quantitative estimate of drug-likeness (QED) is 0.862. The second-order valence-corrected chi connectivity index (χ2v) is 5.04. The number of ether oxygens (including phenoxy) is 2. The molecule has 0 N–H and O–H groups in total. The molecular weight excluding hydrogens is 287 g/mol. The third-order valence-electron chi connectivity index (χ3n) is 3.54. The van der Waals surface area contributed by atoms with Crippen LogP contribution in [0.1, 0.15) is 12.8 Å². The molecule has 1 aliphatic heterocycles. The lowest BCUT2D eigenvalue weighted by molar-refractivity contribution is 0.164. The van der Waals surface area contributed by atoms with Crippen molar-refractivity contribution in [1.82, 2.24) is 15.0 Å². The van der Waals surface area contributed by atoms with E-state index in [1.54, 1.807) is 19.2 Å². The van der Waals surface area contributed by atoms with Crippen LogP contribution in [0.5, 0.6) is 11.8 Å². The third-order valence-corrected chi connectivity index (χ3v) is 3.54. The second-order valence-electron chi connectivity index (χ2n) is 5.04. The van der Waals surface area contributed by atoms with Gasteiger partial charge in [-0.05, 0) is 25.0 Å². The van der Waals surface area contributed by atoms with Crippen molar-refractivity contribution in [2.45, 2.75) is 18.9 Å². The summed E-state index contributed by atoms with van der Waals surface area (Å²) in [4.78, 5) is 14.3. The van der Waals surface area contributed by atoms with Gasteiger partial charge in [-0.3, -0.25) is 0 Å². The fraction of sp³-hybridized carbons (Fsp3) is 0.400. The third kappa shape index (κ3) is 3.24. The molecule has 0 amide bonds. The summed E-state index contributed by atoms with van der Waals surface area (Å²) in [5.74, 6) is 0.906. The molecule has 3 heterocycles. The molecule has 1 unspecified atom stereocenters. The predicted molar refractivity (Wildman–Crippen MR) is 78.6 cm³/mol. The highest BCUT2D eigenvalue weighted by atomic mass is 19.1. The molecule has 1 aliphatic rings. The lowest BCUT2D eigenvalue weighted by atomic mass is 10.1. The fourth-order valence-electron chi connectivity index (χ4n) is 2.47. The van der Waals surface area contributed by atoms with Crippen LogP contribution in [0.15, 0.2) is 30.7 Å². The van der Waals surface area contributed by atoms with Gasteiger partial charge in [-0.15, -0.1) is 0 Å². The molecule has 1 saturated heterocycles. The molecule has 116 valence electrons. The van der Waals surface area contributed by atoms with Crippen molar-refractivity contribution in [2.24, 2.45) is 0 Å². The van der Waals surface area contributed by atoms with Gasteiger partial charge in [-0.1, -0.05) is 0 Å². The van der Waals surface area contributed by atoms with Crippen LogP contribution in [0.3, 0.4) is 0 Å². The Morgan fingerprint density at radius 2 is 2.23 bits per heavy atom. The first-order valence-corrected chi connectivity index (χ1v) is 7.14. The standard InChI is InChI=1S/C15H17FN4O2/c1-21-14-8-13(18-10-19-14)20-7-3-4-11(9-20)22-15-12(16)5-2-6-17-15/h2,5-6,8,10-11H,3-4,7,9H2,1H3. The summed E-state index contributed by atoms with van der Waals surface area (Å²) >= 11 is 0. The van der Waals surface area contributed by atoms with Crippen LogP contribution < -0.4 is 14.4 Å². The van der Waals surface area contributed by atoms with Crippen LogP contribution in [0.4, 0.5) is 10.2 Å². The van der Waals surface area contributed by atoms with E-state index in [-0.39, 0.29) is 12.0 Å². The molecule has 3 rings (SSSR count). The average Bonchev–Trinajstić information content (AvgIpc) is 2.57. The molecule has 0 spiro atoms. The van der Waals surface area contributed by atoms with Crippen molar-refractivity contribution in [3.63, 3.8) is 0 Å². The zero-order valence-electron chi connectivity index (χ0n) is 12.3. The summed E-state index contributed by atoms with van der Waals surface area (Å²) < 4.78 is 24.4. The highest BCUT2D eigenvalue weighted by molar-refractivity contribution is 5.41. The van der Waals surface area contributed by atoms with E-state index in [1.165, 1.54) is 18.6 Å². The summed E-state index contributed by atoms with van der Waals surface area (Å²) in [6, 6.07) is 4.67. The van der Waals surface area contributed by atoms with E-state index < -0.39 is 5.82 Å². The van der Waals surface area contributed by atoms with Crippen molar-refractivity contribution >= 4 is 5.82 Å². The first-order chi connectivity index (χ1) is 10.8. The van der Waals surface area contributed by atoms with Crippen molar-refractivity contribution in [1.29, 1.82) is 0 Å². The van der Waals surface area contributed by atoms with Crippen LogP contribution in [0, 0.1) is 5.82 Å². The number of rotatable bonds is 4. The summed E-state index contributed by atoms with van der Waals surface area (Å²) in [6.07, 6.45) is 4.66. The molecule has 22 heavy (non-hydrogen) atoms. The van der Waals surface area contributed by atoms with Crippen LogP contribution in [-0.2, 0) is 0 Å². The molecule has 0 aromatic carbocycles. The Hall–Kier alpha value is -2.44. The fourth-order valence-corrected chi connectivity index (χ4v) is 2.47. The van der Waals surface area contributed by atoms with Gasteiger partial charge in [0.15, 0.2) is 5.82 Å². The number of hydrogen-bond acceptors (Lipinski definition) is 6. The van der Waals surface area contributed by atoms with Crippen molar-refractivity contribution < 1.29 is 13.9 Å². The number of pyridine rings is 1. The topological polar surface area (TPSA) is 60.4 Å². The molecule has 1 atom stereocenters. The Bertz CT molecular complexity index is 640. The second kappa shape index (κ2) is 6.55. The van der Waals surface area contributed by atoms with E-state index in [1.807, 2.05) is 0 Å². The van der Waals surface area contributed by atoms with E-state index in [0.29, 0.717) is 12.4 Å². The van der Waals surface area contributed by atoms with Gasteiger partial charge in [-0.2, -0.15) is 0 Å². The maximum absolute atomic E-state index is 13.6. The minimum absolute atomic E-state index is 0.0506. The molecule has 2 aromatic heterocycles. The van der Waals surface area contributed by atoms with E-state index in [4.69, 9.17) is 9.47 Å². The average molecular weight is 304 g/mol. The first-order valence-electron chi connectivity index (χ1n) is 7.14. The number of anilines is 1. The number of methoxy groups -OCH3 is 1. The Balaban J connectivity index is 1.70. The Morgan fingerprint density at radius 1 is 1.32 bits per heavy atom. The van der Waals surface area contributed by atoms with Crippen LogP contribution in [0.2, 0.25) is 0 Å². The smallest absolute Gasteiger partial charge is 0.250 e. The predicted octanol–water partition coefficient (Wildman–Crippen LogP) is 2.07. The van der Waals surface area contributed by atoms with E-state index in [0.717, 1.165) is 25.2 Å². The summed E-state index contributed by atoms with van der Waals surface area (Å²) in [6.45, 7) is 1.49.